The number of aromatic nitrogens is 2. The number of benzene rings is 2. The number of nitrogens with two attached hydrogens (primary N) is 1. The van der Waals surface area contributed by atoms with Crippen molar-refractivity contribution in [3.63, 3.8) is 0 Å². The van der Waals surface area contributed by atoms with E-state index in [1.54, 1.807) is 11.1 Å². The Morgan fingerprint density at radius 3 is 2.96 bits per heavy atom. The number of anilines is 1. The molecule has 144 valence electrons. The number of fused-ring (bicyclic) bond motifs is 1. The van der Waals surface area contributed by atoms with E-state index in [9.17, 15) is 9.59 Å². The number of amides is 2. The van der Waals surface area contributed by atoms with E-state index < -0.39 is 6.04 Å². The molecule has 8 heteroatoms. The summed E-state index contributed by atoms with van der Waals surface area (Å²) in [6.45, 7) is 0.902. The number of carbonyl (C=O) groups excluding carboxylic acids is 2. The van der Waals surface area contributed by atoms with Gasteiger partial charge in [0, 0.05) is 28.6 Å². The van der Waals surface area contributed by atoms with Crippen LogP contribution < -0.4 is 11.1 Å². The summed E-state index contributed by atoms with van der Waals surface area (Å²) in [5.74, 6) is -0.499. The molecule has 4 rings (SSSR count). The molecular formula is C20H20BrN5O2. The maximum absolute atomic E-state index is 12.7. The van der Waals surface area contributed by atoms with E-state index >= 15 is 0 Å². The van der Waals surface area contributed by atoms with Gasteiger partial charge < -0.3 is 16.0 Å². The van der Waals surface area contributed by atoms with Crippen LogP contribution in [0.1, 0.15) is 18.0 Å². The molecule has 28 heavy (non-hydrogen) atoms. The predicted molar refractivity (Wildman–Crippen MR) is 110 cm³/mol. The Morgan fingerprint density at radius 2 is 2.14 bits per heavy atom. The third kappa shape index (κ3) is 3.79. The summed E-state index contributed by atoms with van der Waals surface area (Å²) in [5, 5.41) is 10.7. The molecule has 7 nitrogen and oxygen atoms in total. The first-order chi connectivity index (χ1) is 13.5. The van der Waals surface area contributed by atoms with Crippen LogP contribution in [0, 0.1) is 5.92 Å². The molecule has 0 radical (unpaired) electrons. The first-order valence-corrected chi connectivity index (χ1v) is 9.84. The lowest BCUT2D eigenvalue weighted by Gasteiger charge is -2.21. The minimum atomic E-state index is -0.734. The van der Waals surface area contributed by atoms with Gasteiger partial charge >= 0.3 is 0 Å². The number of H-pyrrole nitrogens is 1. The lowest BCUT2D eigenvalue weighted by molar-refractivity contribution is -0.132. The van der Waals surface area contributed by atoms with Gasteiger partial charge in [0.2, 0.25) is 11.8 Å². The van der Waals surface area contributed by atoms with Crippen molar-refractivity contribution in [3.8, 4) is 0 Å². The van der Waals surface area contributed by atoms with Crippen LogP contribution >= 0.6 is 15.9 Å². The zero-order valence-electron chi connectivity index (χ0n) is 15.1. The van der Waals surface area contributed by atoms with Crippen LogP contribution in [0.4, 0.5) is 5.69 Å². The quantitative estimate of drug-likeness (QED) is 0.578. The Bertz CT molecular complexity index is 1030. The third-order valence-corrected chi connectivity index (χ3v) is 5.55. The highest BCUT2D eigenvalue weighted by molar-refractivity contribution is 9.10. The Labute approximate surface area is 170 Å². The second-order valence-electron chi connectivity index (χ2n) is 6.96. The standard InChI is InChI=1S/C20H20BrN5O2/c21-15-3-1-2-12(8-15)18(22)20(28)26-7-6-13(11-26)19(27)24-16-4-5-17-14(9-16)10-23-25-17/h1-5,8-10,13,18H,6-7,11,22H2,(H,23,25)(H,24,27). The monoisotopic (exact) mass is 441 g/mol. The van der Waals surface area contributed by atoms with Crippen LogP contribution in [0.3, 0.4) is 0 Å². The number of hydrogen-bond acceptors (Lipinski definition) is 4. The molecule has 1 aliphatic heterocycles. The van der Waals surface area contributed by atoms with E-state index in [2.05, 4.69) is 31.4 Å². The number of halogens is 1. The molecule has 1 saturated heterocycles. The number of carbonyl (C=O) groups is 2. The van der Waals surface area contributed by atoms with Gasteiger partial charge in [0.15, 0.2) is 0 Å². The third-order valence-electron chi connectivity index (χ3n) is 5.05. The second-order valence-corrected chi connectivity index (χ2v) is 7.88. The van der Waals surface area contributed by atoms with Gasteiger partial charge in [0.25, 0.3) is 0 Å². The highest BCUT2D eigenvalue weighted by Gasteiger charge is 2.33. The molecule has 3 aromatic rings. The summed E-state index contributed by atoms with van der Waals surface area (Å²) in [5.41, 5.74) is 8.54. The van der Waals surface area contributed by atoms with Gasteiger partial charge in [-0.15, -0.1) is 0 Å². The first-order valence-electron chi connectivity index (χ1n) is 9.05. The molecule has 0 aliphatic carbocycles. The lowest BCUT2D eigenvalue weighted by atomic mass is 10.1. The Morgan fingerprint density at radius 1 is 1.29 bits per heavy atom. The average molecular weight is 442 g/mol. The minimum Gasteiger partial charge on any atom is -0.340 e. The Kier molecular flexibility index (Phi) is 5.15. The maximum Gasteiger partial charge on any atom is 0.244 e. The van der Waals surface area contributed by atoms with E-state index in [0.717, 1.165) is 26.6 Å². The van der Waals surface area contributed by atoms with Crippen molar-refractivity contribution < 1.29 is 9.59 Å². The van der Waals surface area contributed by atoms with E-state index in [1.807, 2.05) is 42.5 Å². The summed E-state index contributed by atoms with van der Waals surface area (Å²) in [6, 6.07) is 12.3. The number of hydrogen-bond donors (Lipinski definition) is 3. The average Bonchev–Trinajstić information content (AvgIpc) is 3.36. The van der Waals surface area contributed by atoms with Crippen molar-refractivity contribution in [1.82, 2.24) is 15.1 Å². The number of likely N-dealkylation sites (tertiary alicyclic amines) is 1. The van der Waals surface area contributed by atoms with E-state index in [-0.39, 0.29) is 17.7 Å². The van der Waals surface area contributed by atoms with Crippen LogP contribution in [0.5, 0.6) is 0 Å². The van der Waals surface area contributed by atoms with Crippen molar-refractivity contribution >= 4 is 44.3 Å². The molecule has 4 N–H and O–H groups in total. The second kappa shape index (κ2) is 7.73. The highest BCUT2D eigenvalue weighted by Crippen LogP contribution is 2.24. The molecule has 1 fully saturated rings. The molecule has 1 aromatic heterocycles. The predicted octanol–water partition coefficient (Wildman–Crippen LogP) is 2.81. The normalized spacial score (nSPS) is 17.6. The lowest BCUT2D eigenvalue weighted by Crippen LogP contribution is -2.38. The molecule has 2 unspecified atom stereocenters. The molecular weight excluding hydrogens is 422 g/mol. The zero-order chi connectivity index (χ0) is 19.7. The van der Waals surface area contributed by atoms with E-state index in [4.69, 9.17) is 5.73 Å². The first kappa shape index (κ1) is 18.6. The van der Waals surface area contributed by atoms with Crippen molar-refractivity contribution in [3.05, 3.63) is 58.7 Å². The summed E-state index contributed by atoms with van der Waals surface area (Å²) in [7, 11) is 0. The van der Waals surface area contributed by atoms with Gasteiger partial charge in [0.05, 0.1) is 17.6 Å². The Hall–Kier alpha value is -2.71. The number of aromatic amines is 1. The van der Waals surface area contributed by atoms with Crippen LogP contribution in [-0.4, -0.2) is 40.0 Å². The van der Waals surface area contributed by atoms with Crippen LogP contribution in [0.2, 0.25) is 0 Å². The van der Waals surface area contributed by atoms with Crippen molar-refractivity contribution in [2.24, 2.45) is 11.7 Å². The molecule has 2 amide bonds. The van der Waals surface area contributed by atoms with Crippen LogP contribution in [0.25, 0.3) is 10.9 Å². The highest BCUT2D eigenvalue weighted by atomic mass is 79.9. The molecule has 0 spiro atoms. The summed E-state index contributed by atoms with van der Waals surface area (Å²) < 4.78 is 0.876. The SMILES string of the molecule is NC(C(=O)N1CCC(C(=O)Nc2ccc3[nH]ncc3c2)C1)c1cccc(Br)c1. The van der Waals surface area contributed by atoms with Gasteiger partial charge in [0.1, 0.15) is 6.04 Å². The van der Waals surface area contributed by atoms with Gasteiger partial charge in [-0.1, -0.05) is 28.1 Å². The van der Waals surface area contributed by atoms with Crippen molar-refractivity contribution in [1.29, 1.82) is 0 Å². The molecule has 0 bridgehead atoms. The fourth-order valence-electron chi connectivity index (χ4n) is 3.48. The fourth-order valence-corrected chi connectivity index (χ4v) is 3.90. The van der Waals surface area contributed by atoms with Crippen molar-refractivity contribution in [2.75, 3.05) is 18.4 Å². The molecule has 2 aromatic carbocycles. The smallest absolute Gasteiger partial charge is 0.244 e. The number of rotatable bonds is 4. The summed E-state index contributed by atoms with van der Waals surface area (Å²) >= 11 is 3.40. The van der Waals surface area contributed by atoms with Gasteiger partial charge in [-0.3, -0.25) is 14.7 Å². The number of nitrogens with zero attached hydrogens (tertiary/aromatic N) is 2. The van der Waals surface area contributed by atoms with Crippen LogP contribution in [-0.2, 0) is 9.59 Å². The van der Waals surface area contributed by atoms with Gasteiger partial charge in [-0.05, 0) is 42.3 Å². The van der Waals surface area contributed by atoms with Crippen molar-refractivity contribution in [2.45, 2.75) is 12.5 Å². The number of nitrogens with one attached hydrogen (secondary N) is 2. The minimum absolute atomic E-state index is 0.0887. The van der Waals surface area contributed by atoms with Crippen LogP contribution in [0.15, 0.2) is 53.1 Å². The zero-order valence-corrected chi connectivity index (χ0v) is 16.6. The Balaban J connectivity index is 1.38. The molecule has 2 atom stereocenters. The molecule has 2 heterocycles. The maximum atomic E-state index is 12.7. The topological polar surface area (TPSA) is 104 Å². The van der Waals surface area contributed by atoms with Gasteiger partial charge in [-0.25, -0.2) is 0 Å². The summed E-state index contributed by atoms with van der Waals surface area (Å²) in [6.07, 6.45) is 2.33. The van der Waals surface area contributed by atoms with E-state index in [1.165, 1.54) is 0 Å². The fraction of sp³-hybridized carbons (Fsp3) is 0.250. The van der Waals surface area contributed by atoms with Gasteiger partial charge in [-0.2, -0.15) is 5.10 Å². The van der Waals surface area contributed by atoms with E-state index in [0.29, 0.717) is 19.5 Å². The largest absolute Gasteiger partial charge is 0.340 e. The summed E-state index contributed by atoms with van der Waals surface area (Å²) in [4.78, 5) is 27.1. The molecule has 1 aliphatic rings. The molecule has 0 saturated carbocycles.